The van der Waals surface area contributed by atoms with Gasteiger partial charge in [0.25, 0.3) is 0 Å². The van der Waals surface area contributed by atoms with E-state index in [4.69, 9.17) is 11.1 Å². The van der Waals surface area contributed by atoms with Gasteiger partial charge < -0.3 is 10.6 Å². The van der Waals surface area contributed by atoms with Crippen molar-refractivity contribution in [3.8, 4) is 0 Å². The second-order valence-corrected chi connectivity index (χ2v) is 9.07. The van der Waals surface area contributed by atoms with Gasteiger partial charge >= 0.3 is 0 Å². The summed E-state index contributed by atoms with van der Waals surface area (Å²) in [6.07, 6.45) is 8.95. The number of allylic oxidation sites excluding steroid dienone is 1. The molecular formula is C25H34N6. The van der Waals surface area contributed by atoms with E-state index in [0.29, 0.717) is 17.5 Å². The van der Waals surface area contributed by atoms with E-state index in [1.54, 1.807) is 23.0 Å². The second-order valence-electron chi connectivity index (χ2n) is 9.07. The van der Waals surface area contributed by atoms with Crippen molar-refractivity contribution in [2.75, 3.05) is 26.2 Å². The average molecular weight is 419 g/mol. The SMILES string of the molecule is Cc1cnn(C)c1C(=N)/C=C\C(N)=NCC1CCC2CN(CCc3ccccc3)CC12. The number of benzene rings is 1. The molecule has 2 aromatic rings. The first-order valence-electron chi connectivity index (χ1n) is 11.3. The molecule has 2 aliphatic rings. The van der Waals surface area contributed by atoms with Crippen molar-refractivity contribution < 1.29 is 0 Å². The van der Waals surface area contributed by atoms with Crippen LogP contribution in [0.2, 0.25) is 0 Å². The number of aliphatic imine (C=N–C) groups is 1. The van der Waals surface area contributed by atoms with Gasteiger partial charge in [-0.05, 0) is 67.2 Å². The molecule has 1 saturated carbocycles. The molecule has 2 heterocycles. The van der Waals surface area contributed by atoms with E-state index in [1.165, 1.54) is 31.5 Å². The highest BCUT2D eigenvalue weighted by atomic mass is 15.3. The van der Waals surface area contributed by atoms with Crippen LogP contribution in [-0.4, -0.2) is 52.4 Å². The Morgan fingerprint density at radius 2 is 2.03 bits per heavy atom. The standard InChI is InChI=1S/C25H34N6/c1-18-14-29-30(2)25(18)23(26)10-11-24(27)28-15-20-8-9-21-16-31(17-22(20)21)13-12-19-6-4-3-5-7-19/h3-7,10-11,14,20-22,26H,8-9,12-13,15-17H2,1-2H3,(H2,27,28)/b11-10-,26-23?. The first-order valence-corrected chi connectivity index (χ1v) is 11.3. The fourth-order valence-electron chi connectivity index (χ4n) is 5.27. The minimum atomic E-state index is 0.404. The third kappa shape index (κ3) is 5.13. The molecule has 3 N–H and O–H groups in total. The predicted octanol–water partition coefficient (Wildman–Crippen LogP) is 3.21. The molecule has 1 aliphatic heterocycles. The Kier molecular flexibility index (Phi) is 6.66. The van der Waals surface area contributed by atoms with Gasteiger partial charge in [-0.3, -0.25) is 15.1 Å². The Morgan fingerprint density at radius 3 is 2.77 bits per heavy atom. The smallest absolute Gasteiger partial charge is 0.118 e. The number of rotatable bonds is 8. The van der Waals surface area contributed by atoms with Gasteiger partial charge in [-0.2, -0.15) is 5.10 Å². The summed E-state index contributed by atoms with van der Waals surface area (Å²) >= 11 is 0. The predicted molar refractivity (Wildman–Crippen MR) is 127 cm³/mol. The Balaban J connectivity index is 1.27. The van der Waals surface area contributed by atoms with Crippen molar-refractivity contribution in [3.63, 3.8) is 0 Å². The zero-order valence-electron chi connectivity index (χ0n) is 18.7. The van der Waals surface area contributed by atoms with E-state index in [1.807, 2.05) is 14.0 Å². The number of fused-ring (bicyclic) bond motifs is 1. The molecule has 0 spiro atoms. The number of hydrogen-bond donors (Lipinski definition) is 2. The molecule has 164 valence electrons. The Bertz CT molecular complexity index is 938. The summed E-state index contributed by atoms with van der Waals surface area (Å²) in [6.45, 7) is 6.32. The lowest BCUT2D eigenvalue weighted by molar-refractivity contribution is 0.294. The molecule has 1 saturated heterocycles. The van der Waals surface area contributed by atoms with Crippen LogP contribution < -0.4 is 5.73 Å². The van der Waals surface area contributed by atoms with Crippen LogP contribution in [0.15, 0.2) is 53.7 Å². The number of nitrogens with one attached hydrogen (secondary N) is 1. The molecule has 6 nitrogen and oxygen atoms in total. The maximum Gasteiger partial charge on any atom is 0.118 e. The van der Waals surface area contributed by atoms with E-state index in [2.05, 4.69) is 45.3 Å². The van der Waals surface area contributed by atoms with Crippen LogP contribution in [-0.2, 0) is 13.5 Å². The number of nitrogens with zero attached hydrogens (tertiary/aromatic N) is 4. The number of nitrogens with two attached hydrogens (primary N) is 1. The van der Waals surface area contributed by atoms with Crippen LogP contribution in [0.3, 0.4) is 0 Å². The van der Waals surface area contributed by atoms with E-state index in [-0.39, 0.29) is 0 Å². The number of aromatic nitrogens is 2. The minimum absolute atomic E-state index is 0.404. The van der Waals surface area contributed by atoms with E-state index in [9.17, 15) is 0 Å². The highest BCUT2D eigenvalue weighted by molar-refractivity contribution is 6.09. The van der Waals surface area contributed by atoms with Gasteiger partial charge in [0.1, 0.15) is 5.84 Å². The summed E-state index contributed by atoms with van der Waals surface area (Å²) in [7, 11) is 1.85. The summed E-state index contributed by atoms with van der Waals surface area (Å²) in [5.74, 6) is 2.69. The maximum atomic E-state index is 8.28. The van der Waals surface area contributed by atoms with Gasteiger partial charge in [-0.1, -0.05) is 30.3 Å². The van der Waals surface area contributed by atoms with Crippen LogP contribution in [0.4, 0.5) is 0 Å². The van der Waals surface area contributed by atoms with Crippen molar-refractivity contribution >= 4 is 11.5 Å². The Hall–Kier alpha value is -2.73. The second kappa shape index (κ2) is 9.60. The molecule has 1 aliphatic carbocycles. The Morgan fingerprint density at radius 1 is 1.23 bits per heavy atom. The number of hydrogen-bond acceptors (Lipinski definition) is 4. The van der Waals surface area contributed by atoms with Crippen LogP contribution in [0.25, 0.3) is 0 Å². The monoisotopic (exact) mass is 418 g/mol. The summed E-state index contributed by atoms with van der Waals surface area (Å²) in [5, 5.41) is 12.5. The van der Waals surface area contributed by atoms with Crippen molar-refractivity contribution in [3.05, 3.63) is 65.5 Å². The van der Waals surface area contributed by atoms with Crippen LogP contribution >= 0.6 is 0 Å². The van der Waals surface area contributed by atoms with Crippen molar-refractivity contribution in [1.29, 1.82) is 5.41 Å². The van der Waals surface area contributed by atoms with Gasteiger partial charge in [0.05, 0.1) is 17.6 Å². The maximum absolute atomic E-state index is 8.28. The number of aryl methyl sites for hydroxylation is 2. The van der Waals surface area contributed by atoms with Crippen LogP contribution in [0.5, 0.6) is 0 Å². The zero-order chi connectivity index (χ0) is 21.8. The number of amidine groups is 1. The molecular weight excluding hydrogens is 384 g/mol. The van der Waals surface area contributed by atoms with Crippen LogP contribution in [0, 0.1) is 30.1 Å². The summed E-state index contributed by atoms with van der Waals surface area (Å²) < 4.78 is 1.72. The molecule has 3 unspecified atom stereocenters. The molecule has 3 atom stereocenters. The molecule has 0 bridgehead atoms. The minimum Gasteiger partial charge on any atom is -0.384 e. The van der Waals surface area contributed by atoms with Crippen molar-refractivity contribution in [2.45, 2.75) is 26.2 Å². The van der Waals surface area contributed by atoms with Crippen LogP contribution in [0.1, 0.15) is 29.7 Å². The summed E-state index contributed by atoms with van der Waals surface area (Å²) in [5.41, 5.74) is 9.77. The normalized spacial score (nSPS) is 24.2. The fraction of sp³-hybridized carbons (Fsp3) is 0.480. The highest BCUT2D eigenvalue weighted by Crippen LogP contribution is 2.42. The third-order valence-electron chi connectivity index (χ3n) is 6.95. The van der Waals surface area contributed by atoms with Gasteiger partial charge in [0, 0.05) is 33.2 Å². The quantitative estimate of drug-likeness (QED) is 0.510. The van der Waals surface area contributed by atoms with Gasteiger partial charge in [-0.15, -0.1) is 0 Å². The lowest BCUT2D eigenvalue weighted by Gasteiger charge is -2.19. The highest BCUT2D eigenvalue weighted by Gasteiger charge is 2.41. The molecule has 1 aromatic carbocycles. The summed E-state index contributed by atoms with van der Waals surface area (Å²) in [6, 6.07) is 10.8. The van der Waals surface area contributed by atoms with Gasteiger partial charge in [0.15, 0.2) is 0 Å². The molecule has 4 rings (SSSR count). The first-order chi connectivity index (χ1) is 15.0. The van der Waals surface area contributed by atoms with Crippen molar-refractivity contribution in [1.82, 2.24) is 14.7 Å². The third-order valence-corrected chi connectivity index (χ3v) is 6.95. The molecule has 2 fully saturated rings. The largest absolute Gasteiger partial charge is 0.384 e. The number of likely N-dealkylation sites (tertiary alicyclic amines) is 1. The molecule has 0 radical (unpaired) electrons. The van der Waals surface area contributed by atoms with E-state index in [0.717, 1.165) is 42.6 Å². The lowest BCUT2D eigenvalue weighted by atomic mass is 9.92. The molecule has 31 heavy (non-hydrogen) atoms. The van der Waals surface area contributed by atoms with Gasteiger partial charge in [-0.25, -0.2) is 0 Å². The summed E-state index contributed by atoms with van der Waals surface area (Å²) in [4.78, 5) is 7.29. The lowest BCUT2D eigenvalue weighted by Crippen LogP contribution is -2.26. The average Bonchev–Trinajstić information content (AvgIpc) is 3.44. The first kappa shape index (κ1) is 21.5. The topological polar surface area (TPSA) is 83.3 Å². The fourth-order valence-corrected chi connectivity index (χ4v) is 5.27. The van der Waals surface area contributed by atoms with E-state index < -0.39 is 0 Å². The zero-order valence-corrected chi connectivity index (χ0v) is 18.7. The van der Waals surface area contributed by atoms with Gasteiger partial charge in [0.2, 0.25) is 0 Å². The van der Waals surface area contributed by atoms with Crippen molar-refractivity contribution in [2.24, 2.45) is 35.5 Å². The Labute approximate surface area is 185 Å². The van der Waals surface area contributed by atoms with E-state index >= 15 is 0 Å². The molecule has 6 heteroatoms. The molecule has 1 aromatic heterocycles. The molecule has 0 amide bonds.